The first-order valence-corrected chi connectivity index (χ1v) is 6.49. The number of esters is 1. The summed E-state index contributed by atoms with van der Waals surface area (Å²) in [7, 11) is 1.27. The second-order valence-electron chi connectivity index (χ2n) is 4.13. The Balaban J connectivity index is 2.40. The van der Waals surface area contributed by atoms with E-state index >= 15 is 0 Å². The Kier molecular flexibility index (Phi) is 4.47. The summed E-state index contributed by atoms with van der Waals surface area (Å²) in [5.74, 6) is -0.545. The van der Waals surface area contributed by atoms with E-state index in [9.17, 15) is 9.59 Å². The Labute approximate surface area is 125 Å². The highest BCUT2D eigenvalue weighted by atomic mass is 35.5. The summed E-state index contributed by atoms with van der Waals surface area (Å²) < 4.78 is 5.98. The fraction of sp³-hybridized carbons (Fsp3) is 0.143. The lowest BCUT2D eigenvalue weighted by atomic mass is 10.2. The average molecular weight is 312 g/mol. The van der Waals surface area contributed by atoms with Crippen molar-refractivity contribution in [2.24, 2.45) is 0 Å². The van der Waals surface area contributed by atoms with Crippen molar-refractivity contribution in [1.82, 2.24) is 4.57 Å². The van der Waals surface area contributed by atoms with Gasteiger partial charge in [-0.15, -0.1) is 0 Å². The zero-order valence-electron chi connectivity index (χ0n) is 10.6. The Hall–Kier alpha value is -1.78. The van der Waals surface area contributed by atoms with E-state index in [1.54, 1.807) is 24.3 Å². The maximum atomic E-state index is 12.0. The first-order valence-electron chi connectivity index (χ1n) is 5.74. The lowest BCUT2D eigenvalue weighted by Gasteiger charge is -2.09. The molecule has 1 aromatic carbocycles. The Morgan fingerprint density at radius 3 is 2.50 bits per heavy atom. The number of hydrogen-bond acceptors (Lipinski definition) is 3. The number of hydrogen-bond donors (Lipinski definition) is 0. The fourth-order valence-corrected chi connectivity index (χ4v) is 2.08. The molecule has 4 nitrogen and oxygen atoms in total. The summed E-state index contributed by atoms with van der Waals surface area (Å²) in [6, 6.07) is 8.36. The molecule has 0 saturated carbocycles. The minimum Gasteiger partial charge on any atom is -0.465 e. The van der Waals surface area contributed by atoms with Gasteiger partial charge in [-0.25, -0.2) is 4.79 Å². The summed E-state index contributed by atoms with van der Waals surface area (Å²) >= 11 is 11.7. The van der Waals surface area contributed by atoms with Crippen LogP contribution in [0.5, 0.6) is 0 Å². The van der Waals surface area contributed by atoms with E-state index in [0.717, 1.165) is 5.56 Å². The summed E-state index contributed by atoms with van der Waals surface area (Å²) in [6.07, 6.45) is 1.43. The Morgan fingerprint density at radius 1 is 1.25 bits per heavy atom. The highest BCUT2D eigenvalue weighted by Crippen LogP contribution is 2.12. The van der Waals surface area contributed by atoms with Gasteiger partial charge in [0, 0.05) is 11.2 Å². The van der Waals surface area contributed by atoms with Gasteiger partial charge in [0.1, 0.15) is 5.02 Å². The quantitative estimate of drug-likeness (QED) is 0.819. The average Bonchev–Trinajstić information content (AvgIpc) is 2.45. The van der Waals surface area contributed by atoms with Crippen LogP contribution in [0.2, 0.25) is 10.0 Å². The molecule has 0 spiro atoms. The van der Waals surface area contributed by atoms with Crippen LogP contribution in [0.3, 0.4) is 0 Å². The molecule has 2 aromatic rings. The van der Waals surface area contributed by atoms with E-state index in [-0.39, 0.29) is 16.1 Å². The number of nitrogens with zero attached hydrogens (tertiary/aromatic N) is 1. The third-order valence-corrected chi connectivity index (χ3v) is 3.25. The fourth-order valence-electron chi connectivity index (χ4n) is 1.73. The van der Waals surface area contributed by atoms with E-state index in [0.29, 0.717) is 11.6 Å². The number of pyridine rings is 1. The molecule has 20 heavy (non-hydrogen) atoms. The molecule has 0 bridgehead atoms. The third kappa shape index (κ3) is 3.21. The molecule has 0 aliphatic carbocycles. The van der Waals surface area contributed by atoms with E-state index < -0.39 is 5.97 Å². The molecule has 0 unspecified atom stereocenters. The number of aromatic nitrogens is 1. The predicted octanol–water partition coefficient (Wildman–Crippen LogP) is 2.99. The van der Waals surface area contributed by atoms with Crippen LogP contribution in [0, 0.1) is 0 Å². The van der Waals surface area contributed by atoms with Crippen molar-refractivity contribution < 1.29 is 9.53 Å². The molecule has 0 fully saturated rings. The zero-order chi connectivity index (χ0) is 14.7. The van der Waals surface area contributed by atoms with Gasteiger partial charge in [0.05, 0.1) is 19.2 Å². The van der Waals surface area contributed by atoms with Crippen LogP contribution in [0.1, 0.15) is 15.9 Å². The molecule has 0 amide bonds. The Morgan fingerprint density at radius 2 is 1.90 bits per heavy atom. The van der Waals surface area contributed by atoms with Crippen LogP contribution in [-0.2, 0) is 11.3 Å². The molecule has 6 heteroatoms. The van der Waals surface area contributed by atoms with E-state index in [1.807, 2.05) is 0 Å². The maximum absolute atomic E-state index is 12.0. The number of carbonyl (C=O) groups excluding carboxylic acids is 1. The van der Waals surface area contributed by atoms with Crippen molar-refractivity contribution in [3.8, 4) is 0 Å². The van der Waals surface area contributed by atoms with Crippen LogP contribution >= 0.6 is 23.2 Å². The smallest absolute Gasteiger partial charge is 0.339 e. The van der Waals surface area contributed by atoms with Crippen LogP contribution in [-0.4, -0.2) is 17.6 Å². The van der Waals surface area contributed by atoms with E-state index in [4.69, 9.17) is 23.2 Å². The SMILES string of the molecule is COC(=O)c1cc(Cl)c(=O)n(Cc2ccc(Cl)cc2)c1. The minimum atomic E-state index is -0.545. The van der Waals surface area contributed by atoms with Crippen LogP contribution in [0.4, 0.5) is 0 Å². The standard InChI is InChI=1S/C14H11Cl2NO3/c1-20-14(19)10-6-12(16)13(18)17(8-10)7-9-2-4-11(15)5-3-9/h2-6,8H,7H2,1H3. The summed E-state index contributed by atoms with van der Waals surface area (Å²) in [4.78, 5) is 23.5. The lowest BCUT2D eigenvalue weighted by molar-refractivity contribution is 0.0599. The third-order valence-electron chi connectivity index (χ3n) is 2.73. The van der Waals surface area contributed by atoms with Crippen LogP contribution < -0.4 is 5.56 Å². The van der Waals surface area contributed by atoms with Gasteiger partial charge in [0.25, 0.3) is 5.56 Å². The molecule has 104 valence electrons. The van der Waals surface area contributed by atoms with Crippen molar-refractivity contribution in [1.29, 1.82) is 0 Å². The number of rotatable bonds is 3. The first-order chi connectivity index (χ1) is 9.51. The molecule has 2 rings (SSSR count). The maximum Gasteiger partial charge on any atom is 0.339 e. The van der Waals surface area contributed by atoms with Crippen molar-refractivity contribution in [3.05, 3.63) is 68.1 Å². The molecule has 0 atom stereocenters. The highest BCUT2D eigenvalue weighted by molar-refractivity contribution is 6.31. The molecule has 0 aliphatic heterocycles. The summed E-state index contributed by atoms with van der Waals surface area (Å²) in [5, 5.41) is 0.587. The van der Waals surface area contributed by atoms with Crippen LogP contribution in [0.25, 0.3) is 0 Å². The van der Waals surface area contributed by atoms with Crippen molar-refractivity contribution in [3.63, 3.8) is 0 Å². The highest BCUT2D eigenvalue weighted by Gasteiger charge is 2.11. The second kappa shape index (κ2) is 6.11. The van der Waals surface area contributed by atoms with Gasteiger partial charge in [-0.05, 0) is 23.8 Å². The molecule has 1 heterocycles. The normalized spacial score (nSPS) is 10.3. The van der Waals surface area contributed by atoms with Gasteiger partial charge in [-0.2, -0.15) is 0 Å². The van der Waals surface area contributed by atoms with Crippen molar-refractivity contribution in [2.45, 2.75) is 6.54 Å². The molecule has 1 aromatic heterocycles. The monoisotopic (exact) mass is 311 g/mol. The predicted molar refractivity (Wildman–Crippen MR) is 77.6 cm³/mol. The lowest BCUT2D eigenvalue weighted by Crippen LogP contribution is -2.22. The molecular weight excluding hydrogens is 301 g/mol. The molecule has 0 N–H and O–H groups in total. The van der Waals surface area contributed by atoms with Gasteiger partial charge < -0.3 is 9.30 Å². The van der Waals surface area contributed by atoms with Gasteiger partial charge >= 0.3 is 5.97 Å². The first kappa shape index (κ1) is 14.6. The van der Waals surface area contributed by atoms with Gasteiger partial charge in [0.2, 0.25) is 0 Å². The van der Waals surface area contributed by atoms with E-state index in [1.165, 1.54) is 23.9 Å². The number of methoxy groups -OCH3 is 1. The zero-order valence-corrected chi connectivity index (χ0v) is 12.1. The van der Waals surface area contributed by atoms with Crippen molar-refractivity contribution >= 4 is 29.2 Å². The molecule has 0 radical (unpaired) electrons. The Bertz CT molecular complexity index is 693. The summed E-state index contributed by atoms with van der Waals surface area (Å²) in [5.41, 5.74) is 0.731. The number of ether oxygens (including phenoxy) is 1. The topological polar surface area (TPSA) is 48.3 Å². The van der Waals surface area contributed by atoms with Crippen LogP contribution in [0.15, 0.2) is 41.3 Å². The second-order valence-corrected chi connectivity index (χ2v) is 4.97. The number of carbonyl (C=O) groups is 1. The van der Waals surface area contributed by atoms with E-state index in [2.05, 4.69) is 4.74 Å². The number of halogens is 2. The van der Waals surface area contributed by atoms with Crippen molar-refractivity contribution in [2.75, 3.05) is 7.11 Å². The minimum absolute atomic E-state index is 0.0261. The summed E-state index contributed by atoms with van der Waals surface area (Å²) in [6.45, 7) is 0.292. The number of benzene rings is 1. The van der Waals surface area contributed by atoms with Gasteiger partial charge in [0.15, 0.2) is 0 Å². The van der Waals surface area contributed by atoms with Gasteiger partial charge in [-0.1, -0.05) is 35.3 Å². The molecule has 0 aliphatic rings. The van der Waals surface area contributed by atoms with Gasteiger partial charge in [-0.3, -0.25) is 4.79 Å². The molecular formula is C14H11Cl2NO3. The largest absolute Gasteiger partial charge is 0.465 e. The molecule has 0 saturated heterocycles.